The summed E-state index contributed by atoms with van der Waals surface area (Å²) in [5, 5.41) is 6.81. The highest BCUT2D eigenvalue weighted by molar-refractivity contribution is 5.93. The predicted molar refractivity (Wildman–Crippen MR) is 123 cm³/mol. The molecule has 0 unspecified atom stereocenters. The molecule has 0 bridgehead atoms. The van der Waals surface area contributed by atoms with Crippen molar-refractivity contribution in [1.29, 1.82) is 0 Å². The van der Waals surface area contributed by atoms with Crippen LogP contribution in [0.1, 0.15) is 42.5 Å². The monoisotopic (exact) mass is 433 g/mol. The zero-order valence-electron chi connectivity index (χ0n) is 18.3. The van der Waals surface area contributed by atoms with Crippen LogP contribution in [0.5, 0.6) is 5.75 Å². The van der Waals surface area contributed by atoms with Crippen molar-refractivity contribution >= 4 is 23.4 Å². The van der Waals surface area contributed by atoms with Gasteiger partial charge in [-0.15, -0.1) is 0 Å². The number of carbonyl (C=O) groups is 1. The number of nitrogens with zero attached hydrogens (tertiary/aromatic N) is 3. The zero-order valence-corrected chi connectivity index (χ0v) is 18.3. The average Bonchev–Trinajstić information content (AvgIpc) is 2.84. The lowest BCUT2D eigenvalue weighted by Crippen LogP contribution is -2.23. The smallest absolute Gasteiger partial charge is 0.341 e. The molecule has 8 nitrogen and oxygen atoms in total. The number of hydrogen-bond donors (Lipinski definition) is 2. The molecular weight excluding hydrogens is 406 g/mol. The molecule has 4 rings (SSSR count). The maximum Gasteiger partial charge on any atom is 0.341 e. The first-order chi connectivity index (χ1) is 15.7. The largest absolute Gasteiger partial charge is 0.496 e. The van der Waals surface area contributed by atoms with Crippen LogP contribution >= 0.6 is 0 Å². The van der Waals surface area contributed by atoms with Gasteiger partial charge >= 0.3 is 5.97 Å². The summed E-state index contributed by atoms with van der Waals surface area (Å²) in [6, 6.07) is 11.3. The summed E-state index contributed by atoms with van der Waals surface area (Å²) in [6.45, 7) is 0. The molecular formula is C24H27N5O3. The van der Waals surface area contributed by atoms with Crippen molar-refractivity contribution in [3.63, 3.8) is 0 Å². The van der Waals surface area contributed by atoms with E-state index in [1.54, 1.807) is 30.6 Å². The van der Waals surface area contributed by atoms with Crippen LogP contribution in [0.25, 0.3) is 11.3 Å². The molecule has 2 N–H and O–H groups in total. The molecule has 166 valence electrons. The third-order valence-electron chi connectivity index (χ3n) is 5.50. The molecule has 0 saturated heterocycles. The number of rotatable bonds is 7. The highest BCUT2D eigenvalue weighted by Crippen LogP contribution is 2.28. The number of anilines is 3. The lowest BCUT2D eigenvalue weighted by Gasteiger charge is -2.23. The van der Waals surface area contributed by atoms with E-state index in [1.807, 2.05) is 18.2 Å². The first-order valence-corrected chi connectivity index (χ1v) is 10.8. The van der Waals surface area contributed by atoms with E-state index in [1.165, 1.54) is 33.5 Å². The molecule has 0 atom stereocenters. The topological polar surface area (TPSA) is 98.3 Å². The van der Waals surface area contributed by atoms with E-state index in [-0.39, 0.29) is 0 Å². The molecule has 2 heterocycles. The summed E-state index contributed by atoms with van der Waals surface area (Å²) in [5.41, 5.74) is 2.77. The van der Waals surface area contributed by atoms with Gasteiger partial charge < -0.3 is 20.1 Å². The summed E-state index contributed by atoms with van der Waals surface area (Å²) < 4.78 is 10.2. The van der Waals surface area contributed by atoms with Crippen molar-refractivity contribution in [3.8, 4) is 17.0 Å². The van der Waals surface area contributed by atoms with Crippen LogP contribution in [0, 0.1) is 0 Å². The van der Waals surface area contributed by atoms with Crippen LogP contribution in [-0.2, 0) is 4.74 Å². The fourth-order valence-corrected chi connectivity index (χ4v) is 3.86. The lowest BCUT2D eigenvalue weighted by molar-refractivity contribution is 0.0597. The van der Waals surface area contributed by atoms with Crippen LogP contribution < -0.4 is 15.4 Å². The fourth-order valence-electron chi connectivity index (χ4n) is 3.86. The van der Waals surface area contributed by atoms with E-state index in [4.69, 9.17) is 19.4 Å². The molecule has 0 spiro atoms. The van der Waals surface area contributed by atoms with Gasteiger partial charge in [0.15, 0.2) is 0 Å². The van der Waals surface area contributed by atoms with Crippen molar-refractivity contribution in [1.82, 2.24) is 15.0 Å². The molecule has 1 aliphatic rings. The van der Waals surface area contributed by atoms with E-state index in [2.05, 4.69) is 15.6 Å². The Morgan fingerprint density at radius 1 is 1.06 bits per heavy atom. The van der Waals surface area contributed by atoms with Crippen molar-refractivity contribution in [3.05, 3.63) is 54.4 Å². The zero-order chi connectivity index (χ0) is 22.3. The number of methoxy groups -OCH3 is 2. The van der Waals surface area contributed by atoms with Gasteiger partial charge in [-0.25, -0.2) is 9.78 Å². The van der Waals surface area contributed by atoms with Crippen molar-refractivity contribution in [2.75, 3.05) is 24.9 Å². The molecule has 1 fully saturated rings. The van der Waals surface area contributed by atoms with Gasteiger partial charge in [0, 0.05) is 41.8 Å². The molecule has 0 amide bonds. The lowest BCUT2D eigenvalue weighted by atomic mass is 9.96. The number of aromatic nitrogens is 3. The first kappa shape index (κ1) is 21.5. The maximum atomic E-state index is 11.9. The molecule has 8 heteroatoms. The summed E-state index contributed by atoms with van der Waals surface area (Å²) in [4.78, 5) is 25.6. The van der Waals surface area contributed by atoms with Crippen molar-refractivity contribution in [2.24, 2.45) is 0 Å². The normalized spacial score (nSPS) is 13.9. The van der Waals surface area contributed by atoms with E-state index in [0.717, 1.165) is 29.8 Å². The van der Waals surface area contributed by atoms with Gasteiger partial charge in [-0.1, -0.05) is 19.3 Å². The number of carbonyl (C=O) groups excluding carboxylic acids is 1. The Bertz CT molecular complexity index is 1070. The third-order valence-corrected chi connectivity index (χ3v) is 5.50. The number of ether oxygens (including phenoxy) is 2. The summed E-state index contributed by atoms with van der Waals surface area (Å²) in [7, 11) is 2.86. The Hall–Kier alpha value is -3.68. The quantitative estimate of drug-likeness (QED) is 0.512. The highest BCUT2D eigenvalue weighted by atomic mass is 16.5. The van der Waals surface area contributed by atoms with Gasteiger partial charge in [-0.05, 0) is 37.1 Å². The van der Waals surface area contributed by atoms with E-state index in [0.29, 0.717) is 29.1 Å². The minimum absolute atomic E-state index is 0.360. The molecule has 1 saturated carbocycles. The van der Waals surface area contributed by atoms with Gasteiger partial charge in [-0.3, -0.25) is 4.98 Å². The first-order valence-electron chi connectivity index (χ1n) is 10.8. The Labute approximate surface area is 187 Å². The van der Waals surface area contributed by atoms with Crippen LogP contribution in [0.4, 0.5) is 17.5 Å². The van der Waals surface area contributed by atoms with Crippen LogP contribution in [0.3, 0.4) is 0 Å². The molecule has 1 aromatic carbocycles. The minimum Gasteiger partial charge on any atom is -0.496 e. The molecule has 0 aliphatic heterocycles. The van der Waals surface area contributed by atoms with Crippen LogP contribution in [0.2, 0.25) is 0 Å². The van der Waals surface area contributed by atoms with Crippen LogP contribution in [-0.4, -0.2) is 41.2 Å². The molecule has 0 radical (unpaired) electrons. The summed E-state index contributed by atoms with van der Waals surface area (Å²) in [5.74, 6) is 1.18. The van der Waals surface area contributed by atoms with E-state index < -0.39 is 5.97 Å². The highest BCUT2D eigenvalue weighted by Gasteiger charge is 2.17. The summed E-state index contributed by atoms with van der Waals surface area (Å²) >= 11 is 0. The molecule has 2 aromatic heterocycles. The van der Waals surface area contributed by atoms with Gasteiger partial charge in [0.25, 0.3) is 0 Å². The Morgan fingerprint density at radius 2 is 1.91 bits per heavy atom. The molecule has 32 heavy (non-hydrogen) atoms. The predicted octanol–water partition coefficient (Wildman–Crippen LogP) is 4.82. The summed E-state index contributed by atoms with van der Waals surface area (Å²) in [6.07, 6.45) is 9.48. The van der Waals surface area contributed by atoms with E-state index in [9.17, 15) is 4.79 Å². The Balaban J connectivity index is 1.65. The standard InChI is InChI=1S/C24H27N5O3/c1-31-21-13-18(10-11-19(21)23(30)32-2)26-22-14-20(16-7-6-12-25-15-16)28-24(29-22)27-17-8-4-3-5-9-17/h6-7,10-15,17H,3-5,8-9H2,1-2H3,(H2,26,27,28,29). The second-order valence-electron chi connectivity index (χ2n) is 7.71. The molecule has 3 aromatic rings. The van der Waals surface area contributed by atoms with Crippen molar-refractivity contribution in [2.45, 2.75) is 38.1 Å². The third kappa shape index (κ3) is 5.14. The number of nitrogens with one attached hydrogen (secondary N) is 2. The number of hydrogen-bond acceptors (Lipinski definition) is 8. The number of pyridine rings is 1. The van der Waals surface area contributed by atoms with Gasteiger partial charge in [0.2, 0.25) is 5.95 Å². The minimum atomic E-state index is -0.451. The van der Waals surface area contributed by atoms with Gasteiger partial charge in [-0.2, -0.15) is 4.98 Å². The van der Waals surface area contributed by atoms with Gasteiger partial charge in [0.1, 0.15) is 17.1 Å². The Kier molecular flexibility index (Phi) is 6.79. The second kappa shape index (κ2) is 10.1. The average molecular weight is 434 g/mol. The number of benzene rings is 1. The maximum absolute atomic E-state index is 11.9. The Morgan fingerprint density at radius 3 is 2.62 bits per heavy atom. The molecule has 1 aliphatic carbocycles. The fraction of sp³-hybridized carbons (Fsp3) is 0.333. The SMILES string of the molecule is COC(=O)c1ccc(Nc2cc(-c3cccnc3)nc(NC3CCCCC3)n2)cc1OC. The second-order valence-corrected chi connectivity index (χ2v) is 7.71. The van der Waals surface area contributed by atoms with Crippen LogP contribution in [0.15, 0.2) is 48.8 Å². The van der Waals surface area contributed by atoms with E-state index >= 15 is 0 Å². The van der Waals surface area contributed by atoms with Gasteiger partial charge in [0.05, 0.1) is 19.9 Å². The number of esters is 1. The van der Waals surface area contributed by atoms with Crippen molar-refractivity contribution < 1.29 is 14.3 Å².